The average molecular weight is 378 g/mol. The third-order valence-electron chi connectivity index (χ3n) is 5.13. The monoisotopic (exact) mass is 378 g/mol. The number of H-pyrrole nitrogens is 1. The standard InChI is InChI=1S/C22H23FN4O/c23-18-8-6-17(7-9-18)20-14-21(26-25-20)22(28)24-19-10-12-27(13-11-19)15-16-4-2-1-3-5-16/h1-9,14,19H,10-13,15H2,(H,24,28)(H,25,26). The molecule has 0 unspecified atom stereocenters. The van der Waals surface area contributed by atoms with Crippen LogP contribution >= 0.6 is 0 Å². The number of nitrogens with one attached hydrogen (secondary N) is 2. The van der Waals surface area contributed by atoms with E-state index >= 15 is 0 Å². The molecule has 2 heterocycles. The third-order valence-corrected chi connectivity index (χ3v) is 5.13. The molecule has 1 aromatic heterocycles. The highest BCUT2D eigenvalue weighted by atomic mass is 19.1. The Hall–Kier alpha value is -2.99. The van der Waals surface area contributed by atoms with E-state index in [9.17, 15) is 9.18 Å². The summed E-state index contributed by atoms with van der Waals surface area (Å²) in [4.78, 5) is 14.9. The van der Waals surface area contributed by atoms with Crippen LogP contribution in [0.25, 0.3) is 11.3 Å². The van der Waals surface area contributed by atoms with Crippen molar-refractivity contribution in [2.24, 2.45) is 0 Å². The van der Waals surface area contributed by atoms with Gasteiger partial charge in [-0.3, -0.25) is 14.8 Å². The lowest BCUT2D eigenvalue weighted by Gasteiger charge is -2.32. The highest BCUT2D eigenvalue weighted by molar-refractivity contribution is 5.93. The van der Waals surface area contributed by atoms with Crippen molar-refractivity contribution in [2.45, 2.75) is 25.4 Å². The maximum absolute atomic E-state index is 13.1. The zero-order valence-electron chi connectivity index (χ0n) is 15.6. The molecular formula is C22H23FN4O. The second-order valence-corrected chi connectivity index (χ2v) is 7.18. The number of rotatable bonds is 5. The van der Waals surface area contributed by atoms with Gasteiger partial charge in [-0.2, -0.15) is 5.10 Å². The zero-order chi connectivity index (χ0) is 19.3. The number of carbonyl (C=O) groups excluding carboxylic acids is 1. The van der Waals surface area contributed by atoms with Gasteiger partial charge < -0.3 is 5.32 Å². The van der Waals surface area contributed by atoms with Gasteiger partial charge in [-0.1, -0.05) is 30.3 Å². The highest BCUT2D eigenvalue weighted by Crippen LogP contribution is 2.19. The van der Waals surface area contributed by atoms with E-state index in [0.29, 0.717) is 11.4 Å². The van der Waals surface area contributed by atoms with Gasteiger partial charge in [0, 0.05) is 31.2 Å². The molecule has 1 aliphatic rings. The van der Waals surface area contributed by atoms with Crippen LogP contribution in [0.5, 0.6) is 0 Å². The summed E-state index contributed by atoms with van der Waals surface area (Å²) in [5.41, 5.74) is 3.13. The minimum Gasteiger partial charge on any atom is -0.348 e. The number of carbonyl (C=O) groups is 1. The summed E-state index contributed by atoms with van der Waals surface area (Å²) in [6.07, 6.45) is 1.86. The SMILES string of the molecule is O=C(NC1CCN(Cc2ccccc2)CC1)c1cc(-c2ccc(F)cc2)n[nH]1. The van der Waals surface area contributed by atoms with Crippen LogP contribution in [0.4, 0.5) is 4.39 Å². The molecule has 2 N–H and O–H groups in total. The van der Waals surface area contributed by atoms with E-state index < -0.39 is 0 Å². The second-order valence-electron chi connectivity index (χ2n) is 7.18. The first-order valence-corrected chi connectivity index (χ1v) is 9.56. The van der Waals surface area contributed by atoms with Gasteiger partial charge in [0.2, 0.25) is 0 Å². The number of aromatic amines is 1. The van der Waals surface area contributed by atoms with Crippen molar-refractivity contribution in [3.8, 4) is 11.3 Å². The largest absolute Gasteiger partial charge is 0.348 e. The van der Waals surface area contributed by atoms with Crippen LogP contribution in [0.3, 0.4) is 0 Å². The Morgan fingerprint density at radius 3 is 2.54 bits per heavy atom. The van der Waals surface area contributed by atoms with Crippen LogP contribution in [0.15, 0.2) is 60.7 Å². The van der Waals surface area contributed by atoms with Crippen LogP contribution in [0, 0.1) is 5.82 Å². The lowest BCUT2D eigenvalue weighted by atomic mass is 10.0. The Morgan fingerprint density at radius 2 is 1.82 bits per heavy atom. The predicted octanol–water partition coefficient (Wildman–Crippen LogP) is 3.61. The van der Waals surface area contributed by atoms with Crippen molar-refractivity contribution in [1.29, 1.82) is 0 Å². The van der Waals surface area contributed by atoms with E-state index in [-0.39, 0.29) is 17.8 Å². The van der Waals surface area contributed by atoms with Crippen molar-refractivity contribution in [3.63, 3.8) is 0 Å². The number of amides is 1. The first kappa shape index (κ1) is 18.4. The minimum atomic E-state index is -0.296. The fourth-order valence-corrected chi connectivity index (χ4v) is 3.55. The summed E-state index contributed by atoms with van der Waals surface area (Å²) < 4.78 is 13.1. The van der Waals surface area contributed by atoms with Gasteiger partial charge in [0.25, 0.3) is 5.91 Å². The molecule has 5 nitrogen and oxygen atoms in total. The molecular weight excluding hydrogens is 355 g/mol. The van der Waals surface area contributed by atoms with Crippen LogP contribution in [0.1, 0.15) is 28.9 Å². The number of nitrogens with zero attached hydrogens (tertiary/aromatic N) is 2. The van der Waals surface area contributed by atoms with E-state index in [0.717, 1.165) is 38.0 Å². The van der Waals surface area contributed by atoms with Crippen molar-refractivity contribution in [1.82, 2.24) is 20.4 Å². The molecule has 0 bridgehead atoms. The Bertz CT molecular complexity index is 915. The fourth-order valence-electron chi connectivity index (χ4n) is 3.55. The number of piperidine rings is 1. The summed E-state index contributed by atoms with van der Waals surface area (Å²) in [5, 5.41) is 10.1. The Balaban J connectivity index is 1.29. The molecule has 4 rings (SSSR count). The first-order chi connectivity index (χ1) is 13.7. The van der Waals surface area contributed by atoms with Crippen molar-refractivity contribution in [2.75, 3.05) is 13.1 Å². The molecule has 6 heteroatoms. The third kappa shape index (κ3) is 4.46. The molecule has 144 valence electrons. The molecule has 2 aromatic carbocycles. The Morgan fingerprint density at radius 1 is 1.11 bits per heavy atom. The molecule has 3 aromatic rings. The van der Waals surface area contributed by atoms with E-state index in [1.165, 1.54) is 17.7 Å². The van der Waals surface area contributed by atoms with E-state index in [2.05, 4.69) is 44.7 Å². The van der Waals surface area contributed by atoms with Crippen molar-refractivity contribution >= 4 is 5.91 Å². The van der Waals surface area contributed by atoms with Gasteiger partial charge in [-0.05, 0) is 48.7 Å². The van der Waals surface area contributed by atoms with Gasteiger partial charge in [-0.15, -0.1) is 0 Å². The average Bonchev–Trinajstić information content (AvgIpc) is 3.21. The van der Waals surface area contributed by atoms with E-state index in [1.54, 1.807) is 18.2 Å². The summed E-state index contributed by atoms with van der Waals surface area (Å²) in [6.45, 7) is 2.87. The normalized spacial score (nSPS) is 15.5. The molecule has 1 saturated heterocycles. The molecule has 0 saturated carbocycles. The molecule has 0 radical (unpaired) electrons. The van der Waals surface area contributed by atoms with Crippen molar-refractivity contribution in [3.05, 3.63) is 77.7 Å². The van der Waals surface area contributed by atoms with Crippen molar-refractivity contribution < 1.29 is 9.18 Å². The van der Waals surface area contributed by atoms with Gasteiger partial charge in [0.15, 0.2) is 0 Å². The van der Waals surface area contributed by atoms with Crippen LogP contribution in [-0.4, -0.2) is 40.1 Å². The highest BCUT2D eigenvalue weighted by Gasteiger charge is 2.22. The van der Waals surface area contributed by atoms with Crippen LogP contribution in [-0.2, 0) is 6.54 Å². The molecule has 0 aliphatic carbocycles. The molecule has 1 fully saturated rings. The summed E-state index contributed by atoms with van der Waals surface area (Å²) in [5.74, 6) is -0.446. The predicted molar refractivity (Wildman–Crippen MR) is 106 cm³/mol. The van der Waals surface area contributed by atoms with E-state index in [4.69, 9.17) is 0 Å². The maximum Gasteiger partial charge on any atom is 0.269 e. The number of hydrogen-bond donors (Lipinski definition) is 2. The Labute approximate surface area is 163 Å². The molecule has 1 aliphatic heterocycles. The molecule has 28 heavy (non-hydrogen) atoms. The number of aromatic nitrogens is 2. The number of likely N-dealkylation sites (tertiary alicyclic amines) is 1. The maximum atomic E-state index is 13.1. The lowest BCUT2D eigenvalue weighted by molar-refractivity contribution is 0.0904. The quantitative estimate of drug-likeness (QED) is 0.713. The molecule has 1 amide bonds. The van der Waals surface area contributed by atoms with Gasteiger partial charge >= 0.3 is 0 Å². The zero-order valence-corrected chi connectivity index (χ0v) is 15.6. The summed E-state index contributed by atoms with van der Waals surface area (Å²) in [6, 6.07) is 18.4. The van der Waals surface area contributed by atoms with E-state index in [1.807, 2.05) is 6.07 Å². The van der Waals surface area contributed by atoms with Crippen LogP contribution in [0.2, 0.25) is 0 Å². The molecule has 0 atom stereocenters. The van der Waals surface area contributed by atoms with Crippen LogP contribution < -0.4 is 5.32 Å². The number of halogens is 1. The second kappa shape index (κ2) is 8.35. The number of hydrogen-bond acceptors (Lipinski definition) is 3. The van der Waals surface area contributed by atoms with Gasteiger partial charge in [0.1, 0.15) is 11.5 Å². The smallest absolute Gasteiger partial charge is 0.269 e. The summed E-state index contributed by atoms with van der Waals surface area (Å²) >= 11 is 0. The lowest BCUT2D eigenvalue weighted by Crippen LogP contribution is -2.44. The fraction of sp³-hybridized carbons (Fsp3) is 0.273. The molecule has 0 spiro atoms. The first-order valence-electron chi connectivity index (χ1n) is 9.56. The summed E-state index contributed by atoms with van der Waals surface area (Å²) in [7, 11) is 0. The minimum absolute atomic E-state index is 0.151. The number of benzene rings is 2. The Kier molecular flexibility index (Phi) is 5.48. The van der Waals surface area contributed by atoms with Gasteiger partial charge in [-0.25, -0.2) is 4.39 Å². The van der Waals surface area contributed by atoms with Gasteiger partial charge in [0.05, 0.1) is 5.69 Å². The topological polar surface area (TPSA) is 61.0 Å².